The number of fused-ring (bicyclic) bond motifs is 1. The number of aryl methyl sites for hydroxylation is 1. The quantitative estimate of drug-likeness (QED) is 0.706. The Labute approximate surface area is 174 Å². The number of hydrogen-bond acceptors (Lipinski definition) is 4. The van der Waals surface area contributed by atoms with Gasteiger partial charge in [0.25, 0.3) is 0 Å². The van der Waals surface area contributed by atoms with Crippen molar-refractivity contribution in [3.63, 3.8) is 0 Å². The summed E-state index contributed by atoms with van der Waals surface area (Å²) in [7, 11) is 0. The molecule has 0 bridgehead atoms. The molecule has 0 N–H and O–H groups in total. The maximum atomic E-state index is 13.0. The standard InChI is InChI=1S/C23H36N4O2/c28-23(26-12-3-4-19(15-26)14-25-10-1-2-11-25)8-7-21-20-17-29-13-9-22(20)27(24-21)16-18-5-6-18/h18-19H,1-17H2. The minimum absolute atomic E-state index is 0.318. The third-order valence-electron chi connectivity index (χ3n) is 7.27. The van der Waals surface area contributed by atoms with Crippen LogP contribution in [-0.4, -0.2) is 64.8 Å². The smallest absolute Gasteiger partial charge is 0.222 e. The van der Waals surface area contributed by atoms with E-state index in [4.69, 9.17) is 9.84 Å². The average Bonchev–Trinajstić information content (AvgIpc) is 3.29. The molecule has 1 aliphatic carbocycles. The fourth-order valence-corrected chi connectivity index (χ4v) is 5.43. The highest BCUT2D eigenvalue weighted by Gasteiger charge is 2.29. The Morgan fingerprint density at radius 3 is 2.72 bits per heavy atom. The van der Waals surface area contributed by atoms with Crippen LogP contribution in [0.5, 0.6) is 0 Å². The van der Waals surface area contributed by atoms with Gasteiger partial charge in [0.2, 0.25) is 5.91 Å². The molecule has 2 saturated heterocycles. The number of hydrogen-bond donors (Lipinski definition) is 0. The lowest BCUT2D eigenvalue weighted by molar-refractivity contribution is -0.133. The monoisotopic (exact) mass is 400 g/mol. The molecule has 1 amide bonds. The second-order valence-corrected chi connectivity index (χ2v) is 9.66. The molecule has 0 aromatic carbocycles. The number of likely N-dealkylation sites (tertiary alicyclic amines) is 2. The second-order valence-electron chi connectivity index (χ2n) is 9.66. The zero-order valence-electron chi connectivity index (χ0n) is 17.8. The lowest BCUT2D eigenvalue weighted by atomic mass is 9.97. The van der Waals surface area contributed by atoms with E-state index in [1.54, 1.807) is 0 Å². The van der Waals surface area contributed by atoms with Crippen molar-refractivity contribution in [2.24, 2.45) is 11.8 Å². The van der Waals surface area contributed by atoms with Crippen molar-refractivity contribution in [1.29, 1.82) is 0 Å². The van der Waals surface area contributed by atoms with Crippen molar-refractivity contribution in [2.45, 2.75) is 70.9 Å². The van der Waals surface area contributed by atoms with Crippen LogP contribution in [-0.2, 0) is 35.5 Å². The van der Waals surface area contributed by atoms with Gasteiger partial charge in [-0.25, -0.2) is 0 Å². The van der Waals surface area contributed by atoms with Crippen LogP contribution < -0.4 is 0 Å². The summed E-state index contributed by atoms with van der Waals surface area (Å²) in [5, 5.41) is 4.93. The highest BCUT2D eigenvalue weighted by Crippen LogP contribution is 2.32. The molecule has 3 fully saturated rings. The van der Waals surface area contributed by atoms with Gasteiger partial charge in [0.15, 0.2) is 0 Å². The molecule has 5 rings (SSSR count). The molecular weight excluding hydrogens is 364 g/mol. The molecular formula is C23H36N4O2. The number of amides is 1. The maximum absolute atomic E-state index is 13.0. The van der Waals surface area contributed by atoms with Gasteiger partial charge in [-0.2, -0.15) is 5.10 Å². The second kappa shape index (κ2) is 8.76. The molecule has 6 nitrogen and oxygen atoms in total. The third-order valence-corrected chi connectivity index (χ3v) is 7.27. The van der Waals surface area contributed by atoms with Crippen molar-refractivity contribution in [3.8, 4) is 0 Å². The van der Waals surface area contributed by atoms with Gasteiger partial charge in [0.1, 0.15) is 0 Å². The Morgan fingerprint density at radius 2 is 1.90 bits per heavy atom. The number of carbonyl (C=O) groups excluding carboxylic acids is 1. The Bertz CT molecular complexity index is 721. The summed E-state index contributed by atoms with van der Waals surface area (Å²) in [4.78, 5) is 17.7. The summed E-state index contributed by atoms with van der Waals surface area (Å²) in [5.74, 6) is 1.79. The van der Waals surface area contributed by atoms with E-state index in [2.05, 4.69) is 14.5 Å². The number of rotatable bonds is 7. The van der Waals surface area contributed by atoms with E-state index in [0.29, 0.717) is 24.9 Å². The predicted molar refractivity (Wildman–Crippen MR) is 112 cm³/mol. The molecule has 4 aliphatic rings. The minimum Gasteiger partial charge on any atom is -0.376 e. The van der Waals surface area contributed by atoms with Crippen molar-refractivity contribution >= 4 is 5.91 Å². The SMILES string of the molecule is O=C(CCc1nn(CC2CC2)c2c1COCC2)N1CCCC(CN2CCCC2)C1. The molecule has 160 valence electrons. The van der Waals surface area contributed by atoms with Crippen LogP contribution in [0.1, 0.15) is 61.9 Å². The molecule has 0 spiro atoms. The summed E-state index contributed by atoms with van der Waals surface area (Å²) < 4.78 is 7.96. The van der Waals surface area contributed by atoms with Gasteiger partial charge in [0, 0.05) is 56.7 Å². The summed E-state index contributed by atoms with van der Waals surface area (Å²) in [5.41, 5.74) is 3.75. The fraction of sp³-hybridized carbons (Fsp3) is 0.826. The van der Waals surface area contributed by atoms with Crippen LogP contribution in [0.4, 0.5) is 0 Å². The molecule has 4 heterocycles. The Balaban J connectivity index is 1.17. The first-order chi connectivity index (χ1) is 14.3. The Kier molecular flexibility index (Phi) is 5.91. The largest absolute Gasteiger partial charge is 0.376 e. The van der Waals surface area contributed by atoms with Crippen LogP contribution in [0, 0.1) is 11.8 Å². The van der Waals surface area contributed by atoms with E-state index in [0.717, 1.165) is 57.1 Å². The van der Waals surface area contributed by atoms with E-state index >= 15 is 0 Å². The lowest BCUT2D eigenvalue weighted by Crippen LogP contribution is -2.43. The van der Waals surface area contributed by atoms with Gasteiger partial charge in [0.05, 0.1) is 18.9 Å². The molecule has 3 aliphatic heterocycles. The number of carbonyl (C=O) groups is 1. The topological polar surface area (TPSA) is 50.6 Å². The maximum Gasteiger partial charge on any atom is 0.222 e. The molecule has 1 saturated carbocycles. The first kappa shape index (κ1) is 19.6. The molecule has 1 aromatic heterocycles. The van der Waals surface area contributed by atoms with Gasteiger partial charge in [-0.05, 0) is 63.5 Å². The van der Waals surface area contributed by atoms with Gasteiger partial charge in [-0.3, -0.25) is 9.48 Å². The van der Waals surface area contributed by atoms with Crippen molar-refractivity contribution < 1.29 is 9.53 Å². The zero-order valence-corrected chi connectivity index (χ0v) is 17.8. The van der Waals surface area contributed by atoms with Crippen LogP contribution in [0.15, 0.2) is 0 Å². The van der Waals surface area contributed by atoms with Crippen molar-refractivity contribution in [3.05, 3.63) is 17.0 Å². The highest BCUT2D eigenvalue weighted by atomic mass is 16.5. The lowest BCUT2D eigenvalue weighted by Gasteiger charge is -2.34. The first-order valence-corrected chi connectivity index (χ1v) is 11.9. The van der Waals surface area contributed by atoms with E-state index in [1.165, 1.54) is 63.0 Å². The normalized spacial score (nSPS) is 25.4. The van der Waals surface area contributed by atoms with Crippen LogP contribution in [0.3, 0.4) is 0 Å². The Hall–Kier alpha value is -1.40. The predicted octanol–water partition coefficient (Wildman–Crippen LogP) is 2.63. The molecule has 0 radical (unpaired) electrons. The van der Waals surface area contributed by atoms with Gasteiger partial charge < -0.3 is 14.5 Å². The van der Waals surface area contributed by atoms with Crippen molar-refractivity contribution in [2.75, 3.05) is 39.3 Å². The third kappa shape index (κ3) is 4.69. The zero-order chi connectivity index (χ0) is 19.6. The summed E-state index contributed by atoms with van der Waals surface area (Å²) in [6.45, 7) is 8.10. The van der Waals surface area contributed by atoms with E-state index < -0.39 is 0 Å². The summed E-state index contributed by atoms with van der Waals surface area (Å²) in [6.07, 6.45) is 10.1. The average molecular weight is 401 g/mol. The summed E-state index contributed by atoms with van der Waals surface area (Å²) >= 11 is 0. The molecule has 1 unspecified atom stereocenters. The van der Waals surface area contributed by atoms with E-state index in [9.17, 15) is 4.79 Å². The Morgan fingerprint density at radius 1 is 1.03 bits per heavy atom. The van der Waals surface area contributed by atoms with E-state index in [1.807, 2.05) is 0 Å². The van der Waals surface area contributed by atoms with Gasteiger partial charge >= 0.3 is 0 Å². The van der Waals surface area contributed by atoms with Gasteiger partial charge in [-0.1, -0.05) is 0 Å². The molecule has 1 atom stereocenters. The van der Waals surface area contributed by atoms with Crippen LogP contribution in [0.25, 0.3) is 0 Å². The van der Waals surface area contributed by atoms with Crippen LogP contribution in [0.2, 0.25) is 0 Å². The molecule has 29 heavy (non-hydrogen) atoms. The van der Waals surface area contributed by atoms with E-state index in [-0.39, 0.29) is 0 Å². The minimum atomic E-state index is 0.318. The van der Waals surface area contributed by atoms with Gasteiger partial charge in [-0.15, -0.1) is 0 Å². The first-order valence-electron chi connectivity index (χ1n) is 11.9. The number of nitrogens with zero attached hydrogens (tertiary/aromatic N) is 4. The van der Waals surface area contributed by atoms with Crippen LogP contribution >= 0.6 is 0 Å². The number of piperidine rings is 1. The molecule has 6 heteroatoms. The number of aromatic nitrogens is 2. The summed E-state index contributed by atoms with van der Waals surface area (Å²) in [6, 6.07) is 0. The highest BCUT2D eigenvalue weighted by molar-refractivity contribution is 5.76. The van der Waals surface area contributed by atoms with Crippen molar-refractivity contribution in [1.82, 2.24) is 19.6 Å². The fourth-order valence-electron chi connectivity index (χ4n) is 5.43. The number of ether oxygens (including phenoxy) is 1. The molecule has 1 aromatic rings.